The smallest absolute Gasteiger partial charge is 0.233 e. The summed E-state index contributed by atoms with van der Waals surface area (Å²) in [6.45, 7) is 5.41. The molecule has 0 spiro atoms. The molecule has 0 radical (unpaired) electrons. The number of aryl methyl sites for hydroxylation is 2. The van der Waals surface area contributed by atoms with Crippen molar-refractivity contribution in [2.45, 2.75) is 36.9 Å². The number of carbonyl (C=O) groups is 1. The Balaban J connectivity index is 1.55. The Labute approximate surface area is 137 Å². The highest BCUT2D eigenvalue weighted by Gasteiger charge is 2.27. The summed E-state index contributed by atoms with van der Waals surface area (Å²) in [5.41, 5.74) is 1.01. The molecule has 0 unspecified atom stereocenters. The van der Waals surface area contributed by atoms with Crippen LogP contribution in [0.15, 0.2) is 9.72 Å². The molecule has 8 heteroatoms. The van der Waals surface area contributed by atoms with Gasteiger partial charge in [0.25, 0.3) is 0 Å². The summed E-state index contributed by atoms with van der Waals surface area (Å²) >= 11 is 3.12. The van der Waals surface area contributed by atoms with E-state index < -0.39 is 0 Å². The molecule has 3 rings (SSSR count). The lowest BCUT2D eigenvalue weighted by atomic mass is 9.97. The van der Waals surface area contributed by atoms with Crippen LogP contribution >= 0.6 is 23.1 Å². The van der Waals surface area contributed by atoms with E-state index in [2.05, 4.69) is 20.2 Å². The van der Waals surface area contributed by atoms with Crippen LogP contribution in [0.3, 0.4) is 0 Å². The molecule has 22 heavy (non-hydrogen) atoms. The highest BCUT2D eigenvalue weighted by molar-refractivity contribution is 8.01. The van der Waals surface area contributed by atoms with E-state index in [0.29, 0.717) is 12.3 Å². The predicted molar refractivity (Wildman–Crippen MR) is 87.2 cm³/mol. The van der Waals surface area contributed by atoms with Crippen LogP contribution in [0, 0.1) is 13.8 Å². The van der Waals surface area contributed by atoms with Gasteiger partial charge in [0.05, 0.1) is 5.75 Å². The van der Waals surface area contributed by atoms with E-state index in [-0.39, 0.29) is 11.8 Å². The van der Waals surface area contributed by atoms with Crippen LogP contribution in [0.4, 0.5) is 0 Å². The number of likely N-dealkylation sites (tertiary alicyclic amines) is 1. The second-order valence-electron chi connectivity index (χ2n) is 5.50. The molecule has 118 valence electrons. The van der Waals surface area contributed by atoms with E-state index in [1.54, 1.807) is 11.3 Å². The van der Waals surface area contributed by atoms with Crippen LogP contribution in [0.5, 0.6) is 0 Å². The summed E-state index contributed by atoms with van der Waals surface area (Å²) in [4.78, 5) is 23.1. The summed E-state index contributed by atoms with van der Waals surface area (Å²) in [6.07, 6.45) is 2.05. The van der Waals surface area contributed by atoms with Gasteiger partial charge in [-0.25, -0.2) is 9.97 Å². The lowest BCUT2D eigenvalue weighted by molar-refractivity contribution is -0.129. The van der Waals surface area contributed by atoms with Crippen LogP contribution < -0.4 is 0 Å². The van der Waals surface area contributed by atoms with Crippen molar-refractivity contribution in [2.75, 3.05) is 18.8 Å². The zero-order valence-corrected chi connectivity index (χ0v) is 14.3. The van der Waals surface area contributed by atoms with Gasteiger partial charge in [0, 0.05) is 30.1 Å². The third-order valence-corrected chi connectivity index (χ3v) is 5.79. The number of piperidine rings is 1. The molecule has 0 aromatic carbocycles. The Hall–Kier alpha value is -1.41. The standard InChI is InChI=1S/C14H19N5OS2/c1-9-7-21-14(15-9)22-8-12(20)19-5-3-4-11(6-19)13-16-10(2)17-18-13/h7,11H,3-6,8H2,1-2H3,(H,16,17,18)/t11-/m0/s1. The number of hydrogen-bond acceptors (Lipinski definition) is 6. The third kappa shape index (κ3) is 3.67. The molecule has 2 aromatic rings. The van der Waals surface area contributed by atoms with Crippen LogP contribution in [0.1, 0.15) is 36.1 Å². The number of amides is 1. The van der Waals surface area contributed by atoms with Crippen molar-refractivity contribution >= 4 is 29.0 Å². The molecule has 0 bridgehead atoms. The number of H-pyrrole nitrogens is 1. The van der Waals surface area contributed by atoms with Crippen molar-refractivity contribution in [3.05, 3.63) is 22.7 Å². The van der Waals surface area contributed by atoms with Crippen LogP contribution in [-0.4, -0.2) is 49.8 Å². The number of aromatic nitrogens is 4. The molecule has 1 amide bonds. The molecule has 6 nitrogen and oxygen atoms in total. The van der Waals surface area contributed by atoms with E-state index in [4.69, 9.17) is 0 Å². The fourth-order valence-electron chi connectivity index (χ4n) is 2.57. The molecular weight excluding hydrogens is 318 g/mol. The van der Waals surface area contributed by atoms with Gasteiger partial charge in [-0.1, -0.05) is 11.8 Å². The Morgan fingerprint density at radius 1 is 1.50 bits per heavy atom. The number of carbonyl (C=O) groups excluding carboxylic acids is 1. The average Bonchev–Trinajstić information content (AvgIpc) is 3.13. The van der Waals surface area contributed by atoms with Crippen LogP contribution in [-0.2, 0) is 4.79 Å². The van der Waals surface area contributed by atoms with Gasteiger partial charge in [-0.15, -0.1) is 11.3 Å². The minimum absolute atomic E-state index is 0.176. The number of nitrogens with zero attached hydrogens (tertiary/aromatic N) is 4. The van der Waals surface area contributed by atoms with Gasteiger partial charge in [-0.2, -0.15) is 5.10 Å². The normalized spacial score (nSPS) is 18.6. The summed E-state index contributed by atoms with van der Waals surface area (Å²) in [7, 11) is 0. The highest BCUT2D eigenvalue weighted by Crippen LogP contribution is 2.26. The first-order valence-electron chi connectivity index (χ1n) is 7.33. The first kappa shape index (κ1) is 15.5. The summed E-state index contributed by atoms with van der Waals surface area (Å²) in [6, 6.07) is 0. The van der Waals surface area contributed by atoms with E-state index in [1.807, 2.05) is 24.1 Å². The summed E-state index contributed by atoms with van der Waals surface area (Å²) in [5, 5.41) is 9.13. The maximum atomic E-state index is 12.4. The number of aromatic amines is 1. The molecule has 0 saturated carbocycles. The summed E-state index contributed by atoms with van der Waals surface area (Å²) < 4.78 is 0.962. The van der Waals surface area contributed by atoms with E-state index >= 15 is 0 Å². The minimum atomic E-state index is 0.176. The maximum absolute atomic E-state index is 12.4. The molecule has 0 aliphatic carbocycles. The quantitative estimate of drug-likeness (QED) is 0.867. The van der Waals surface area contributed by atoms with Crippen molar-refractivity contribution in [2.24, 2.45) is 0 Å². The molecule has 1 fully saturated rings. The van der Waals surface area contributed by atoms with Gasteiger partial charge >= 0.3 is 0 Å². The molecular formula is C14H19N5OS2. The van der Waals surface area contributed by atoms with Crippen molar-refractivity contribution in [1.82, 2.24) is 25.1 Å². The number of thioether (sulfide) groups is 1. The Kier molecular flexibility index (Phi) is 4.77. The Bertz CT molecular complexity index is 653. The lowest BCUT2D eigenvalue weighted by Crippen LogP contribution is -2.40. The first-order valence-corrected chi connectivity index (χ1v) is 9.20. The van der Waals surface area contributed by atoms with Crippen LogP contribution in [0.2, 0.25) is 0 Å². The van der Waals surface area contributed by atoms with E-state index in [9.17, 15) is 4.79 Å². The fourth-order valence-corrected chi connectivity index (χ4v) is 4.32. The molecule has 1 saturated heterocycles. The Morgan fingerprint density at radius 3 is 3.05 bits per heavy atom. The molecule has 1 N–H and O–H groups in total. The summed E-state index contributed by atoms with van der Waals surface area (Å²) in [5.74, 6) is 2.53. The molecule has 2 aromatic heterocycles. The second-order valence-corrected chi connectivity index (χ2v) is 7.58. The minimum Gasteiger partial charge on any atom is -0.341 e. The van der Waals surface area contributed by atoms with Gasteiger partial charge in [-0.05, 0) is 26.7 Å². The van der Waals surface area contributed by atoms with Crippen molar-refractivity contribution in [3.8, 4) is 0 Å². The van der Waals surface area contributed by atoms with Gasteiger partial charge < -0.3 is 4.90 Å². The van der Waals surface area contributed by atoms with Crippen molar-refractivity contribution in [1.29, 1.82) is 0 Å². The van der Waals surface area contributed by atoms with E-state index in [0.717, 1.165) is 41.1 Å². The van der Waals surface area contributed by atoms with Crippen molar-refractivity contribution in [3.63, 3.8) is 0 Å². The molecule has 1 aliphatic rings. The average molecular weight is 337 g/mol. The largest absolute Gasteiger partial charge is 0.341 e. The molecule has 3 heterocycles. The lowest BCUT2D eigenvalue weighted by Gasteiger charge is -2.31. The molecule has 1 atom stereocenters. The second kappa shape index (κ2) is 6.78. The van der Waals surface area contributed by atoms with Gasteiger partial charge in [0.1, 0.15) is 5.82 Å². The zero-order chi connectivity index (χ0) is 15.5. The number of thiazole rings is 1. The van der Waals surface area contributed by atoms with Crippen molar-refractivity contribution < 1.29 is 4.79 Å². The van der Waals surface area contributed by atoms with Gasteiger partial charge in [0.15, 0.2) is 10.2 Å². The van der Waals surface area contributed by atoms with Gasteiger partial charge in [-0.3, -0.25) is 9.89 Å². The number of rotatable bonds is 4. The maximum Gasteiger partial charge on any atom is 0.233 e. The topological polar surface area (TPSA) is 74.8 Å². The zero-order valence-electron chi connectivity index (χ0n) is 12.7. The molecule has 1 aliphatic heterocycles. The highest BCUT2D eigenvalue weighted by atomic mass is 32.2. The monoisotopic (exact) mass is 337 g/mol. The van der Waals surface area contributed by atoms with Gasteiger partial charge in [0.2, 0.25) is 5.91 Å². The van der Waals surface area contributed by atoms with E-state index in [1.165, 1.54) is 11.8 Å². The third-order valence-electron chi connectivity index (χ3n) is 3.67. The SMILES string of the molecule is Cc1csc(SCC(=O)N2CCC[C@H](c3n[nH]c(C)n3)C2)n1. The number of hydrogen-bond donors (Lipinski definition) is 1. The Morgan fingerprint density at radius 2 is 2.36 bits per heavy atom. The predicted octanol–water partition coefficient (Wildman–Crippen LogP) is 2.38. The fraction of sp³-hybridized carbons (Fsp3) is 0.571. The number of nitrogens with one attached hydrogen (secondary N) is 1. The van der Waals surface area contributed by atoms with Crippen LogP contribution in [0.25, 0.3) is 0 Å². The first-order chi connectivity index (χ1) is 10.6.